The molecular formula is C20H16ClF3N2O3. The van der Waals surface area contributed by atoms with Crippen LogP contribution in [0.15, 0.2) is 47.0 Å². The number of nitrogens with zero attached hydrogens (tertiary/aromatic N) is 2. The number of ether oxygens (including phenoxy) is 1. The van der Waals surface area contributed by atoms with Crippen LogP contribution in [0.1, 0.15) is 21.7 Å². The third-order valence-corrected chi connectivity index (χ3v) is 4.51. The lowest BCUT2D eigenvalue weighted by molar-refractivity contribution is -0.0498. The van der Waals surface area contributed by atoms with Crippen LogP contribution in [-0.2, 0) is 6.54 Å². The van der Waals surface area contributed by atoms with Gasteiger partial charge in [-0.1, -0.05) is 35.0 Å². The van der Waals surface area contributed by atoms with Crippen LogP contribution in [0.25, 0.3) is 11.3 Å². The van der Waals surface area contributed by atoms with Crippen LogP contribution in [0.5, 0.6) is 5.75 Å². The number of benzene rings is 2. The molecule has 3 aromatic rings. The zero-order valence-electron chi connectivity index (χ0n) is 15.5. The zero-order valence-corrected chi connectivity index (χ0v) is 16.2. The van der Waals surface area contributed by atoms with E-state index in [9.17, 15) is 18.0 Å². The minimum Gasteiger partial charge on any atom is -0.435 e. The van der Waals surface area contributed by atoms with Crippen molar-refractivity contribution in [2.45, 2.75) is 20.1 Å². The Kier molecular flexibility index (Phi) is 6.12. The van der Waals surface area contributed by atoms with E-state index in [0.29, 0.717) is 5.56 Å². The SMILES string of the molecule is Cc1onc(-c2c(F)cccc2Cl)c1C(=O)N(C)Cc1ccc(OC(F)F)cc1. The molecule has 1 heterocycles. The van der Waals surface area contributed by atoms with Gasteiger partial charge < -0.3 is 14.2 Å². The topological polar surface area (TPSA) is 55.6 Å². The Hall–Kier alpha value is -3.00. The fraction of sp³-hybridized carbons (Fsp3) is 0.200. The molecule has 29 heavy (non-hydrogen) atoms. The average molecular weight is 425 g/mol. The van der Waals surface area contributed by atoms with Gasteiger partial charge in [0.25, 0.3) is 5.91 Å². The molecule has 0 aliphatic rings. The lowest BCUT2D eigenvalue weighted by atomic mass is 10.0. The number of aryl methyl sites for hydroxylation is 1. The van der Waals surface area contributed by atoms with Gasteiger partial charge in [-0.05, 0) is 36.8 Å². The number of hydrogen-bond donors (Lipinski definition) is 0. The fourth-order valence-corrected chi connectivity index (χ4v) is 3.08. The van der Waals surface area contributed by atoms with E-state index < -0.39 is 18.3 Å². The van der Waals surface area contributed by atoms with Gasteiger partial charge in [0.15, 0.2) is 0 Å². The van der Waals surface area contributed by atoms with E-state index in [4.69, 9.17) is 16.1 Å². The molecule has 0 spiro atoms. The molecule has 0 aliphatic heterocycles. The average Bonchev–Trinajstić information content (AvgIpc) is 3.03. The van der Waals surface area contributed by atoms with Crippen molar-refractivity contribution in [2.75, 3.05) is 7.05 Å². The minimum absolute atomic E-state index is 0.0168. The lowest BCUT2D eigenvalue weighted by Crippen LogP contribution is -2.27. The van der Waals surface area contributed by atoms with Crippen molar-refractivity contribution in [1.82, 2.24) is 10.1 Å². The van der Waals surface area contributed by atoms with Crippen LogP contribution in [0.3, 0.4) is 0 Å². The predicted molar refractivity (Wildman–Crippen MR) is 101 cm³/mol. The van der Waals surface area contributed by atoms with Gasteiger partial charge in [0, 0.05) is 13.6 Å². The van der Waals surface area contributed by atoms with Gasteiger partial charge in [0.2, 0.25) is 0 Å². The molecule has 3 rings (SSSR count). The van der Waals surface area contributed by atoms with Gasteiger partial charge in [-0.15, -0.1) is 0 Å². The van der Waals surface area contributed by atoms with Crippen LogP contribution in [0, 0.1) is 12.7 Å². The molecule has 0 atom stereocenters. The zero-order chi connectivity index (χ0) is 21.1. The second kappa shape index (κ2) is 8.57. The summed E-state index contributed by atoms with van der Waals surface area (Å²) in [6.07, 6.45) is 0. The van der Waals surface area contributed by atoms with Crippen molar-refractivity contribution in [2.24, 2.45) is 0 Å². The first kappa shape index (κ1) is 20.7. The fourth-order valence-electron chi connectivity index (χ4n) is 2.83. The highest BCUT2D eigenvalue weighted by molar-refractivity contribution is 6.33. The molecule has 0 aliphatic carbocycles. The normalized spacial score (nSPS) is 11.0. The Balaban J connectivity index is 1.85. The maximum absolute atomic E-state index is 14.3. The molecule has 0 radical (unpaired) electrons. The number of halogens is 4. The molecule has 9 heteroatoms. The molecule has 1 aromatic heterocycles. The molecule has 0 saturated carbocycles. The number of carbonyl (C=O) groups excluding carboxylic acids is 1. The first-order valence-electron chi connectivity index (χ1n) is 8.47. The summed E-state index contributed by atoms with van der Waals surface area (Å²) in [4.78, 5) is 14.4. The van der Waals surface area contributed by atoms with Gasteiger partial charge >= 0.3 is 6.61 Å². The van der Waals surface area contributed by atoms with Crippen LogP contribution in [0.4, 0.5) is 13.2 Å². The number of rotatable bonds is 6. The number of amides is 1. The van der Waals surface area contributed by atoms with Crippen LogP contribution >= 0.6 is 11.6 Å². The van der Waals surface area contributed by atoms with Crippen molar-refractivity contribution in [3.8, 4) is 17.0 Å². The van der Waals surface area contributed by atoms with Gasteiger partial charge in [-0.3, -0.25) is 4.79 Å². The third kappa shape index (κ3) is 4.54. The number of hydrogen-bond acceptors (Lipinski definition) is 4. The maximum atomic E-state index is 14.3. The first-order chi connectivity index (χ1) is 13.8. The Labute approximate surface area is 169 Å². The summed E-state index contributed by atoms with van der Waals surface area (Å²) in [5, 5.41) is 3.92. The van der Waals surface area contributed by atoms with Gasteiger partial charge in [0.05, 0.1) is 10.6 Å². The van der Waals surface area contributed by atoms with Crippen molar-refractivity contribution in [3.05, 3.63) is 70.2 Å². The molecular weight excluding hydrogens is 409 g/mol. The molecule has 152 valence electrons. The monoisotopic (exact) mass is 424 g/mol. The molecule has 0 bridgehead atoms. The van der Waals surface area contributed by atoms with E-state index >= 15 is 0 Å². The van der Waals surface area contributed by atoms with Crippen molar-refractivity contribution >= 4 is 17.5 Å². The maximum Gasteiger partial charge on any atom is 0.387 e. The quantitative estimate of drug-likeness (QED) is 0.537. The number of carbonyl (C=O) groups is 1. The minimum atomic E-state index is -2.91. The van der Waals surface area contributed by atoms with Gasteiger partial charge in [0.1, 0.15) is 28.6 Å². The van der Waals surface area contributed by atoms with Crippen molar-refractivity contribution in [1.29, 1.82) is 0 Å². The molecule has 2 aromatic carbocycles. The van der Waals surface area contributed by atoms with Crippen LogP contribution in [-0.4, -0.2) is 29.6 Å². The second-order valence-corrected chi connectivity index (χ2v) is 6.65. The highest BCUT2D eigenvalue weighted by Crippen LogP contribution is 2.34. The van der Waals surface area contributed by atoms with Gasteiger partial charge in [-0.25, -0.2) is 4.39 Å². The highest BCUT2D eigenvalue weighted by Gasteiger charge is 2.27. The molecule has 0 unspecified atom stereocenters. The summed E-state index contributed by atoms with van der Waals surface area (Å²) >= 11 is 6.10. The highest BCUT2D eigenvalue weighted by atomic mass is 35.5. The number of aromatic nitrogens is 1. The van der Waals surface area contributed by atoms with E-state index in [1.54, 1.807) is 26.1 Å². The summed E-state index contributed by atoms with van der Waals surface area (Å²) < 4.78 is 48.2. The van der Waals surface area contributed by atoms with E-state index in [0.717, 1.165) is 0 Å². The van der Waals surface area contributed by atoms with E-state index in [-0.39, 0.29) is 39.9 Å². The van der Waals surface area contributed by atoms with Crippen molar-refractivity contribution in [3.63, 3.8) is 0 Å². The second-order valence-electron chi connectivity index (χ2n) is 6.24. The third-order valence-electron chi connectivity index (χ3n) is 4.19. The number of alkyl halides is 2. The van der Waals surface area contributed by atoms with E-state index in [1.165, 1.54) is 35.2 Å². The molecule has 0 fully saturated rings. The largest absolute Gasteiger partial charge is 0.435 e. The molecule has 1 amide bonds. The van der Waals surface area contributed by atoms with Crippen LogP contribution in [0.2, 0.25) is 5.02 Å². The molecule has 5 nitrogen and oxygen atoms in total. The Morgan fingerprint density at radius 2 is 1.93 bits per heavy atom. The molecule has 0 N–H and O–H groups in total. The summed E-state index contributed by atoms with van der Waals surface area (Å²) in [6.45, 7) is -1.20. The summed E-state index contributed by atoms with van der Waals surface area (Å²) in [5.41, 5.74) is 0.776. The van der Waals surface area contributed by atoms with Gasteiger partial charge in [-0.2, -0.15) is 8.78 Å². The lowest BCUT2D eigenvalue weighted by Gasteiger charge is -2.18. The first-order valence-corrected chi connectivity index (χ1v) is 8.85. The Bertz CT molecular complexity index is 1000. The van der Waals surface area contributed by atoms with Crippen molar-refractivity contribution < 1.29 is 27.2 Å². The Morgan fingerprint density at radius 3 is 2.55 bits per heavy atom. The Morgan fingerprint density at radius 1 is 1.24 bits per heavy atom. The smallest absolute Gasteiger partial charge is 0.387 e. The standard InChI is InChI=1S/C20H16ClF3N2O3/c1-11-16(18(25-29-11)17-14(21)4-3-5-15(17)22)19(27)26(2)10-12-6-8-13(9-7-12)28-20(23)24/h3-9,20H,10H2,1-2H3. The predicted octanol–water partition coefficient (Wildman–Crippen LogP) is 5.32. The van der Waals surface area contributed by atoms with E-state index in [1.807, 2.05) is 0 Å². The summed E-state index contributed by atoms with van der Waals surface area (Å²) in [5.74, 6) is -0.843. The summed E-state index contributed by atoms with van der Waals surface area (Å²) in [6, 6.07) is 10.1. The van der Waals surface area contributed by atoms with Crippen LogP contribution < -0.4 is 4.74 Å². The molecule has 0 saturated heterocycles. The summed E-state index contributed by atoms with van der Waals surface area (Å²) in [7, 11) is 1.55. The van der Waals surface area contributed by atoms with E-state index in [2.05, 4.69) is 9.89 Å².